The van der Waals surface area contributed by atoms with E-state index in [0.717, 1.165) is 11.1 Å². The number of carbonyl (C=O) groups excluding carboxylic acids is 2. The molecule has 1 saturated heterocycles. The Bertz CT molecular complexity index is 709. The average molecular weight is 323 g/mol. The van der Waals surface area contributed by atoms with Gasteiger partial charge in [0.05, 0.1) is 6.10 Å². The molecule has 1 atom stereocenters. The number of aliphatic hydroxyl groups excluding tert-OH is 1. The SMILES string of the molecule is O=C(CCC(=O)N1CC[C@H](O)C1)c1ccc(-c2ccccc2)cc1. The largest absolute Gasteiger partial charge is 0.391 e. The van der Waals surface area contributed by atoms with Crippen molar-refractivity contribution in [2.24, 2.45) is 0 Å². The first-order chi connectivity index (χ1) is 11.6. The molecule has 0 unspecified atom stereocenters. The number of ketones is 1. The maximum absolute atomic E-state index is 12.3. The third-order valence-electron chi connectivity index (χ3n) is 4.40. The summed E-state index contributed by atoms with van der Waals surface area (Å²) in [5, 5.41) is 9.46. The van der Waals surface area contributed by atoms with Crippen molar-refractivity contribution < 1.29 is 14.7 Å². The Balaban J connectivity index is 1.56. The molecule has 0 aliphatic carbocycles. The maximum atomic E-state index is 12.3. The van der Waals surface area contributed by atoms with E-state index < -0.39 is 6.10 Å². The molecule has 0 radical (unpaired) electrons. The Kier molecular flexibility index (Phi) is 5.06. The number of likely N-dealkylation sites (tertiary alicyclic amines) is 1. The van der Waals surface area contributed by atoms with Crippen LogP contribution in [0.3, 0.4) is 0 Å². The molecule has 0 saturated carbocycles. The molecular weight excluding hydrogens is 302 g/mol. The number of hydrogen-bond acceptors (Lipinski definition) is 3. The van der Waals surface area contributed by atoms with Crippen molar-refractivity contribution in [2.75, 3.05) is 13.1 Å². The van der Waals surface area contributed by atoms with Gasteiger partial charge in [-0.05, 0) is 17.5 Å². The van der Waals surface area contributed by atoms with Gasteiger partial charge in [0.15, 0.2) is 5.78 Å². The van der Waals surface area contributed by atoms with E-state index in [0.29, 0.717) is 25.1 Å². The van der Waals surface area contributed by atoms with Gasteiger partial charge in [0.1, 0.15) is 0 Å². The summed E-state index contributed by atoms with van der Waals surface area (Å²) in [4.78, 5) is 25.9. The lowest BCUT2D eigenvalue weighted by atomic mass is 10.0. The summed E-state index contributed by atoms with van der Waals surface area (Å²) in [6.45, 7) is 0.971. The molecule has 1 aliphatic heterocycles. The fourth-order valence-corrected chi connectivity index (χ4v) is 2.97. The minimum Gasteiger partial charge on any atom is -0.391 e. The second-order valence-corrected chi connectivity index (χ2v) is 6.15. The van der Waals surface area contributed by atoms with Crippen LogP contribution in [-0.2, 0) is 4.79 Å². The third kappa shape index (κ3) is 3.89. The number of hydrogen-bond donors (Lipinski definition) is 1. The highest BCUT2D eigenvalue weighted by Gasteiger charge is 2.24. The van der Waals surface area contributed by atoms with Gasteiger partial charge in [0.25, 0.3) is 0 Å². The molecule has 24 heavy (non-hydrogen) atoms. The molecule has 2 aromatic carbocycles. The van der Waals surface area contributed by atoms with Gasteiger partial charge >= 0.3 is 0 Å². The number of nitrogens with zero attached hydrogens (tertiary/aromatic N) is 1. The molecule has 1 N–H and O–H groups in total. The van der Waals surface area contributed by atoms with Gasteiger partial charge in [-0.25, -0.2) is 0 Å². The second kappa shape index (κ2) is 7.41. The lowest BCUT2D eigenvalue weighted by Gasteiger charge is -2.15. The summed E-state index contributed by atoms with van der Waals surface area (Å²) < 4.78 is 0. The molecule has 124 valence electrons. The lowest BCUT2D eigenvalue weighted by Crippen LogP contribution is -2.29. The summed E-state index contributed by atoms with van der Waals surface area (Å²) in [5.74, 6) is -0.0801. The minimum atomic E-state index is -0.421. The zero-order valence-electron chi connectivity index (χ0n) is 13.5. The molecule has 3 rings (SSSR count). The van der Waals surface area contributed by atoms with Gasteiger partial charge in [-0.2, -0.15) is 0 Å². The molecule has 4 heteroatoms. The smallest absolute Gasteiger partial charge is 0.223 e. The number of carbonyl (C=O) groups is 2. The number of benzene rings is 2. The number of β-amino-alcohol motifs (C(OH)–C–C–N with tert-alkyl or cyclic N) is 1. The van der Waals surface area contributed by atoms with Crippen LogP contribution in [0, 0.1) is 0 Å². The lowest BCUT2D eigenvalue weighted by molar-refractivity contribution is -0.130. The van der Waals surface area contributed by atoms with Crippen LogP contribution >= 0.6 is 0 Å². The predicted molar refractivity (Wildman–Crippen MR) is 92.6 cm³/mol. The van der Waals surface area contributed by atoms with Crippen LogP contribution in [0.15, 0.2) is 54.6 Å². The van der Waals surface area contributed by atoms with E-state index in [-0.39, 0.29) is 24.5 Å². The van der Waals surface area contributed by atoms with Crippen molar-refractivity contribution in [2.45, 2.75) is 25.4 Å². The second-order valence-electron chi connectivity index (χ2n) is 6.15. The summed E-state index contributed by atoms with van der Waals surface area (Å²) in [5.41, 5.74) is 2.80. The van der Waals surface area contributed by atoms with Crippen LogP contribution in [-0.4, -0.2) is 40.9 Å². The van der Waals surface area contributed by atoms with Gasteiger partial charge in [-0.1, -0.05) is 54.6 Å². The van der Waals surface area contributed by atoms with Crippen molar-refractivity contribution in [3.8, 4) is 11.1 Å². The number of aliphatic hydroxyl groups is 1. The summed E-state index contributed by atoms with van der Waals surface area (Å²) >= 11 is 0. The highest BCUT2D eigenvalue weighted by molar-refractivity contribution is 5.98. The molecule has 1 aliphatic rings. The number of Topliss-reactive ketones (excluding diaryl/α,β-unsaturated/α-hetero) is 1. The predicted octanol–water partition coefficient (Wildman–Crippen LogP) is 2.91. The van der Waals surface area contributed by atoms with Crippen molar-refractivity contribution in [3.05, 3.63) is 60.2 Å². The molecule has 1 fully saturated rings. The van der Waals surface area contributed by atoms with E-state index in [1.165, 1.54) is 0 Å². The average Bonchev–Trinajstić information content (AvgIpc) is 3.07. The molecule has 1 heterocycles. The van der Waals surface area contributed by atoms with E-state index in [4.69, 9.17) is 0 Å². The van der Waals surface area contributed by atoms with Gasteiger partial charge in [-0.15, -0.1) is 0 Å². The van der Waals surface area contributed by atoms with Crippen LogP contribution in [0.4, 0.5) is 0 Å². The van der Waals surface area contributed by atoms with Gasteiger partial charge in [-0.3, -0.25) is 9.59 Å². The minimum absolute atomic E-state index is 0.0253. The monoisotopic (exact) mass is 323 g/mol. The quantitative estimate of drug-likeness (QED) is 0.861. The van der Waals surface area contributed by atoms with Gasteiger partial charge < -0.3 is 10.0 Å². The van der Waals surface area contributed by atoms with Crippen molar-refractivity contribution >= 4 is 11.7 Å². The molecule has 1 amide bonds. The highest BCUT2D eigenvalue weighted by Crippen LogP contribution is 2.20. The highest BCUT2D eigenvalue weighted by atomic mass is 16.3. The molecule has 0 spiro atoms. The molecular formula is C20H21NO3. The van der Waals surface area contributed by atoms with E-state index in [2.05, 4.69) is 0 Å². The molecule has 0 bridgehead atoms. The fourth-order valence-electron chi connectivity index (χ4n) is 2.97. The van der Waals surface area contributed by atoms with Crippen LogP contribution in [0.1, 0.15) is 29.6 Å². The summed E-state index contributed by atoms with van der Waals surface area (Å²) in [7, 11) is 0. The van der Waals surface area contributed by atoms with Crippen LogP contribution in [0.2, 0.25) is 0 Å². The zero-order chi connectivity index (χ0) is 16.9. The van der Waals surface area contributed by atoms with Crippen LogP contribution in [0.5, 0.6) is 0 Å². The first-order valence-corrected chi connectivity index (χ1v) is 8.28. The molecule has 0 aromatic heterocycles. The van der Waals surface area contributed by atoms with Crippen LogP contribution < -0.4 is 0 Å². The standard InChI is InChI=1S/C20H21NO3/c22-18-12-13-21(14-18)20(24)11-10-19(23)17-8-6-16(7-9-17)15-4-2-1-3-5-15/h1-9,18,22H,10-14H2/t18-/m0/s1. The Morgan fingerprint density at radius 2 is 1.62 bits per heavy atom. The molecule has 4 nitrogen and oxygen atoms in total. The Morgan fingerprint density at radius 3 is 2.25 bits per heavy atom. The Hall–Kier alpha value is -2.46. The van der Waals surface area contributed by atoms with Crippen LogP contribution in [0.25, 0.3) is 11.1 Å². The number of rotatable bonds is 5. The summed E-state index contributed by atoms with van der Waals surface area (Å²) in [6.07, 6.45) is 0.609. The first kappa shape index (κ1) is 16.4. The van der Waals surface area contributed by atoms with E-state index in [1.807, 2.05) is 54.6 Å². The van der Waals surface area contributed by atoms with Gasteiger partial charge in [0, 0.05) is 31.5 Å². The maximum Gasteiger partial charge on any atom is 0.223 e. The van der Waals surface area contributed by atoms with Gasteiger partial charge in [0.2, 0.25) is 5.91 Å². The first-order valence-electron chi connectivity index (χ1n) is 8.28. The summed E-state index contributed by atoms with van der Waals surface area (Å²) in [6, 6.07) is 17.5. The topological polar surface area (TPSA) is 57.6 Å². The zero-order valence-corrected chi connectivity index (χ0v) is 13.5. The van der Waals surface area contributed by atoms with Crippen molar-refractivity contribution in [1.29, 1.82) is 0 Å². The van der Waals surface area contributed by atoms with E-state index >= 15 is 0 Å². The van der Waals surface area contributed by atoms with Crippen molar-refractivity contribution in [3.63, 3.8) is 0 Å². The Morgan fingerprint density at radius 1 is 0.958 bits per heavy atom. The Labute approximate surface area is 141 Å². The number of amides is 1. The molecule has 2 aromatic rings. The van der Waals surface area contributed by atoms with E-state index in [9.17, 15) is 14.7 Å². The normalized spacial score (nSPS) is 17.0. The van der Waals surface area contributed by atoms with E-state index in [1.54, 1.807) is 4.90 Å². The van der Waals surface area contributed by atoms with Crippen molar-refractivity contribution in [1.82, 2.24) is 4.90 Å². The fraction of sp³-hybridized carbons (Fsp3) is 0.300. The third-order valence-corrected chi connectivity index (χ3v) is 4.40.